The first kappa shape index (κ1) is 16.8. The van der Waals surface area contributed by atoms with E-state index < -0.39 is 11.7 Å². The van der Waals surface area contributed by atoms with Gasteiger partial charge in [-0.25, -0.2) is 9.78 Å². The van der Waals surface area contributed by atoms with E-state index >= 15 is 0 Å². The van der Waals surface area contributed by atoms with Crippen molar-refractivity contribution < 1.29 is 18.7 Å². The van der Waals surface area contributed by atoms with E-state index in [9.17, 15) is 4.79 Å². The predicted octanol–water partition coefficient (Wildman–Crippen LogP) is 1.83. The van der Waals surface area contributed by atoms with Gasteiger partial charge in [-0.05, 0) is 34.1 Å². The summed E-state index contributed by atoms with van der Waals surface area (Å²) >= 11 is 0. The second kappa shape index (κ2) is 7.11. The number of oxazole rings is 1. The molecule has 7 nitrogen and oxygen atoms in total. The molecule has 1 saturated carbocycles. The molecule has 2 N–H and O–H groups in total. The standard InChI is InChI=1S/C15H25N3O4/c1-5-20-12-6-11(18-14(19)22-15(2,3)4)13(12)17-8-10-7-16-9-21-10/h7,9,11-13,17H,5-6,8H2,1-4H3,(H,18,19). The number of ether oxygens (including phenoxy) is 2. The number of hydrogen-bond donors (Lipinski definition) is 2. The molecule has 3 unspecified atom stereocenters. The van der Waals surface area contributed by atoms with Gasteiger partial charge in [-0.2, -0.15) is 0 Å². The maximum absolute atomic E-state index is 11.9. The fraction of sp³-hybridized carbons (Fsp3) is 0.733. The zero-order valence-corrected chi connectivity index (χ0v) is 13.6. The molecule has 0 bridgehead atoms. The van der Waals surface area contributed by atoms with Crippen molar-refractivity contribution in [2.75, 3.05) is 6.61 Å². The zero-order chi connectivity index (χ0) is 16.2. The van der Waals surface area contributed by atoms with Crippen molar-refractivity contribution in [2.24, 2.45) is 0 Å². The van der Waals surface area contributed by atoms with Crippen LogP contribution in [0.4, 0.5) is 4.79 Å². The Morgan fingerprint density at radius 2 is 2.27 bits per heavy atom. The molecule has 0 aromatic carbocycles. The van der Waals surface area contributed by atoms with Gasteiger partial charge in [0.05, 0.1) is 30.9 Å². The van der Waals surface area contributed by atoms with Gasteiger partial charge in [0.25, 0.3) is 0 Å². The van der Waals surface area contributed by atoms with Gasteiger partial charge in [0.1, 0.15) is 11.4 Å². The second-order valence-corrected chi connectivity index (χ2v) is 6.36. The first-order valence-corrected chi connectivity index (χ1v) is 7.61. The SMILES string of the molecule is CCOC1CC(NC(=O)OC(C)(C)C)C1NCc1cnco1. The van der Waals surface area contributed by atoms with Crippen LogP contribution in [0.2, 0.25) is 0 Å². The van der Waals surface area contributed by atoms with Gasteiger partial charge in [0.15, 0.2) is 6.39 Å². The monoisotopic (exact) mass is 311 g/mol. The summed E-state index contributed by atoms with van der Waals surface area (Å²) < 4.78 is 16.2. The molecular formula is C15H25N3O4. The Kier molecular flexibility index (Phi) is 5.42. The van der Waals surface area contributed by atoms with E-state index in [0.29, 0.717) is 13.2 Å². The highest BCUT2D eigenvalue weighted by Gasteiger charge is 2.43. The first-order valence-electron chi connectivity index (χ1n) is 7.61. The molecule has 0 aliphatic heterocycles. The van der Waals surface area contributed by atoms with Crippen LogP contribution in [0.1, 0.15) is 39.9 Å². The summed E-state index contributed by atoms with van der Waals surface area (Å²) in [5, 5.41) is 6.24. The molecule has 1 aromatic heterocycles. The number of alkyl carbamates (subject to hydrolysis) is 1. The number of hydrogen-bond acceptors (Lipinski definition) is 6. The maximum atomic E-state index is 11.9. The third kappa shape index (κ3) is 4.71. The van der Waals surface area contributed by atoms with Crippen LogP contribution >= 0.6 is 0 Å². The Hall–Kier alpha value is -1.60. The molecular weight excluding hydrogens is 286 g/mol. The fourth-order valence-electron chi connectivity index (χ4n) is 2.42. The molecule has 0 saturated heterocycles. The van der Waals surface area contributed by atoms with E-state index in [1.54, 1.807) is 6.20 Å². The van der Waals surface area contributed by atoms with E-state index in [2.05, 4.69) is 15.6 Å². The largest absolute Gasteiger partial charge is 0.447 e. The third-order valence-corrected chi connectivity index (χ3v) is 3.40. The molecule has 1 aliphatic carbocycles. The molecule has 1 heterocycles. The van der Waals surface area contributed by atoms with Crippen molar-refractivity contribution in [1.82, 2.24) is 15.6 Å². The Labute approximate surface area is 130 Å². The molecule has 1 aromatic rings. The maximum Gasteiger partial charge on any atom is 0.407 e. The lowest BCUT2D eigenvalue weighted by molar-refractivity contribution is -0.0442. The van der Waals surface area contributed by atoms with E-state index in [4.69, 9.17) is 13.9 Å². The van der Waals surface area contributed by atoms with Gasteiger partial charge in [-0.3, -0.25) is 0 Å². The average Bonchev–Trinajstić information content (AvgIpc) is 2.88. The van der Waals surface area contributed by atoms with Crippen molar-refractivity contribution in [3.8, 4) is 0 Å². The summed E-state index contributed by atoms with van der Waals surface area (Å²) in [5.41, 5.74) is -0.504. The van der Waals surface area contributed by atoms with Crippen LogP contribution < -0.4 is 10.6 Å². The molecule has 22 heavy (non-hydrogen) atoms. The fourth-order valence-corrected chi connectivity index (χ4v) is 2.42. The topological polar surface area (TPSA) is 85.6 Å². The van der Waals surface area contributed by atoms with Gasteiger partial charge in [0, 0.05) is 6.61 Å². The highest BCUT2D eigenvalue weighted by Crippen LogP contribution is 2.25. The van der Waals surface area contributed by atoms with Crippen LogP contribution in [-0.2, 0) is 16.0 Å². The van der Waals surface area contributed by atoms with Gasteiger partial charge in [-0.1, -0.05) is 0 Å². The number of aromatic nitrogens is 1. The Balaban J connectivity index is 1.85. The van der Waals surface area contributed by atoms with Gasteiger partial charge in [0.2, 0.25) is 0 Å². The highest BCUT2D eigenvalue weighted by molar-refractivity contribution is 5.68. The van der Waals surface area contributed by atoms with Crippen LogP contribution in [0.5, 0.6) is 0 Å². The van der Waals surface area contributed by atoms with Crippen molar-refractivity contribution in [2.45, 2.75) is 64.4 Å². The van der Waals surface area contributed by atoms with Crippen LogP contribution in [0.3, 0.4) is 0 Å². The lowest BCUT2D eigenvalue weighted by Crippen LogP contribution is -2.66. The molecule has 2 rings (SSSR count). The Bertz CT molecular complexity index is 470. The van der Waals surface area contributed by atoms with Gasteiger partial charge in [-0.15, -0.1) is 0 Å². The Morgan fingerprint density at radius 1 is 1.50 bits per heavy atom. The molecule has 3 atom stereocenters. The normalized spacial score (nSPS) is 24.6. The van der Waals surface area contributed by atoms with E-state index in [1.165, 1.54) is 6.39 Å². The summed E-state index contributed by atoms with van der Waals surface area (Å²) in [6.45, 7) is 8.68. The number of carbonyl (C=O) groups excluding carboxylic acids is 1. The minimum Gasteiger partial charge on any atom is -0.447 e. The molecule has 124 valence electrons. The number of amides is 1. The highest BCUT2D eigenvalue weighted by atomic mass is 16.6. The Morgan fingerprint density at radius 3 is 2.86 bits per heavy atom. The van der Waals surface area contributed by atoms with E-state index in [1.807, 2.05) is 27.7 Å². The minimum absolute atomic E-state index is 0.0191. The summed E-state index contributed by atoms with van der Waals surface area (Å²) in [6.07, 6.45) is 3.50. The number of nitrogens with one attached hydrogen (secondary N) is 2. The van der Waals surface area contributed by atoms with Crippen molar-refractivity contribution in [1.29, 1.82) is 0 Å². The van der Waals surface area contributed by atoms with Crippen LogP contribution in [0, 0.1) is 0 Å². The quantitative estimate of drug-likeness (QED) is 0.833. The summed E-state index contributed by atoms with van der Waals surface area (Å²) in [4.78, 5) is 15.8. The third-order valence-electron chi connectivity index (χ3n) is 3.40. The van der Waals surface area contributed by atoms with Gasteiger partial charge >= 0.3 is 6.09 Å². The van der Waals surface area contributed by atoms with Crippen molar-refractivity contribution in [3.05, 3.63) is 18.4 Å². The van der Waals surface area contributed by atoms with E-state index in [0.717, 1.165) is 12.2 Å². The summed E-state index contributed by atoms with van der Waals surface area (Å²) in [5.74, 6) is 0.748. The smallest absolute Gasteiger partial charge is 0.407 e. The zero-order valence-electron chi connectivity index (χ0n) is 13.6. The van der Waals surface area contributed by atoms with Crippen molar-refractivity contribution >= 4 is 6.09 Å². The van der Waals surface area contributed by atoms with Crippen molar-refractivity contribution in [3.63, 3.8) is 0 Å². The minimum atomic E-state index is -0.504. The lowest BCUT2D eigenvalue weighted by Gasteiger charge is -2.44. The van der Waals surface area contributed by atoms with Gasteiger partial charge < -0.3 is 24.5 Å². The number of carbonyl (C=O) groups is 1. The van der Waals surface area contributed by atoms with Crippen LogP contribution in [-0.4, -0.2) is 41.5 Å². The summed E-state index contributed by atoms with van der Waals surface area (Å²) in [6, 6.07) is 0.00638. The average molecular weight is 311 g/mol. The second-order valence-electron chi connectivity index (χ2n) is 6.36. The molecule has 0 spiro atoms. The summed E-state index contributed by atoms with van der Waals surface area (Å²) in [7, 11) is 0. The van der Waals surface area contributed by atoms with E-state index in [-0.39, 0.29) is 18.2 Å². The molecule has 1 aliphatic rings. The molecule has 0 radical (unpaired) electrons. The molecule has 1 fully saturated rings. The number of rotatable bonds is 6. The molecule has 1 amide bonds. The molecule has 7 heteroatoms. The number of nitrogens with zero attached hydrogens (tertiary/aromatic N) is 1. The van der Waals surface area contributed by atoms with Crippen LogP contribution in [0.15, 0.2) is 17.0 Å². The lowest BCUT2D eigenvalue weighted by atomic mass is 9.82. The van der Waals surface area contributed by atoms with Crippen LogP contribution in [0.25, 0.3) is 0 Å². The first-order chi connectivity index (χ1) is 10.4. The predicted molar refractivity (Wildman–Crippen MR) is 80.3 cm³/mol.